The molecule has 0 aliphatic heterocycles. The molecule has 1 aliphatic carbocycles. The van der Waals surface area contributed by atoms with Crippen LogP contribution in [-0.4, -0.2) is 27.6 Å². The van der Waals surface area contributed by atoms with E-state index < -0.39 is 17.0 Å². The van der Waals surface area contributed by atoms with Gasteiger partial charge in [-0.2, -0.15) is 0 Å². The third kappa shape index (κ3) is 3.55. The summed E-state index contributed by atoms with van der Waals surface area (Å²) in [6.45, 7) is 9.18. The van der Waals surface area contributed by atoms with Crippen LogP contribution in [0, 0.1) is 5.41 Å². The van der Waals surface area contributed by atoms with Gasteiger partial charge in [0.05, 0.1) is 0 Å². The number of rotatable bonds is 5. The highest BCUT2D eigenvalue weighted by molar-refractivity contribution is 5.98. The first-order valence-electron chi connectivity index (χ1n) is 7.61. The summed E-state index contributed by atoms with van der Waals surface area (Å²) in [5, 5.41) is 20.0. The second-order valence-electron chi connectivity index (χ2n) is 6.66. The molecule has 22 heavy (non-hydrogen) atoms. The zero-order chi connectivity index (χ0) is 17.1. The molecule has 0 saturated heterocycles. The SMILES string of the molecule is CCCC1=C(C)[C@](O)(/C=C/C(C)=C\C(=O)O)C(C)(C)CC1=O. The Morgan fingerprint density at radius 3 is 2.45 bits per heavy atom. The van der Waals surface area contributed by atoms with E-state index in [-0.39, 0.29) is 12.2 Å². The van der Waals surface area contributed by atoms with Crippen LogP contribution in [0.3, 0.4) is 0 Å². The topological polar surface area (TPSA) is 74.6 Å². The van der Waals surface area contributed by atoms with Crippen LogP contribution in [0.15, 0.2) is 34.9 Å². The number of aliphatic hydroxyl groups is 1. The van der Waals surface area contributed by atoms with Gasteiger partial charge in [0.15, 0.2) is 5.78 Å². The summed E-state index contributed by atoms with van der Waals surface area (Å²) >= 11 is 0. The molecule has 0 bridgehead atoms. The molecule has 1 aliphatic rings. The van der Waals surface area contributed by atoms with E-state index in [1.807, 2.05) is 20.8 Å². The molecule has 0 heterocycles. The lowest BCUT2D eigenvalue weighted by Gasteiger charge is -2.45. The van der Waals surface area contributed by atoms with Gasteiger partial charge in [0, 0.05) is 17.9 Å². The molecule has 0 unspecified atom stereocenters. The average molecular weight is 306 g/mol. The van der Waals surface area contributed by atoms with E-state index >= 15 is 0 Å². The molecule has 0 saturated carbocycles. The van der Waals surface area contributed by atoms with Crippen LogP contribution < -0.4 is 0 Å². The van der Waals surface area contributed by atoms with E-state index in [2.05, 4.69) is 0 Å². The molecule has 0 amide bonds. The summed E-state index contributed by atoms with van der Waals surface area (Å²) in [5.41, 5.74) is 0.0343. The fraction of sp³-hybridized carbons (Fsp3) is 0.556. The monoisotopic (exact) mass is 306 g/mol. The van der Waals surface area contributed by atoms with Gasteiger partial charge in [-0.05, 0) is 43.1 Å². The minimum absolute atomic E-state index is 0.0974. The molecule has 0 spiro atoms. The second-order valence-corrected chi connectivity index (χ2v) is 6.66. The summed E-state index contributed by atoms with van der Waals surface area (Å²) < 4.78 is 0. The predicted octanol–water partition coefficient (Wildman–Crippen LogP) is 3.42. The first kappa shape index (κ1) is 18.4. The molecule has 122 valence electrons. The third-order valence-electron chi connectivity index (χ3n) is 4.43. The average Bonchev–Trinajstić information content (AvgIpc) is 2.38. The van der Waals surface area contributed by atoms with Gasteiger partial charge < -0.3 is 10.2 Å². The molecule has 0 radical (unpaired) electrons. The van der Waals surface area contributed by atoms with Crippen LogP contribution in [0.1, 0.15) is 53.9 Å². The van der Waals surface area contributed by atoms with Crippen LogP contribution in [0.2, 0.25) is 0 Å². The number of allylic oxidation sites excluding steroid dienone is 3. The number of Topliss-reactive ketones (excluding diaryl/α,β-unsaturated/α-hetero) is 1. The molecular weight excluding hydrogens is 280 g/mol. The maximum Gasteiger partial charge on any atom is 0.328 e. The Hall–Kier alpha value is -1.68. The smallest absolute Gasteiger partial charge is 0.328 e. The number of hydrogen-bond donors (Lipinski definition) is 2. The highest BCUT2D eigenvalue weighted by Crippen LogP contribution is 2.47. The summed E-state index contributed by atoms with van der Waals surface area (Å²) in [4.78, 5) is 23.0. The normalized spacial score (nSPS) is 25.9. The van der Waals surface area contributed by atoms with Crippen LogP contribution in [0.5, 0.6) is 0 Å². The first-order chi connectivity index (χ1) is 10.0. The number of carbonyl (C=O) groups excluding carboxylic acids is 1. The molecule has 4 nitrogen and oxygen atoms in total. The Balaban J connectivity index is 3.34. The molecule has 4 heteroatoms. The first-order valence-corrected chi connectivity index (χ1v) is 7.61. The predicted molar refractivity (Wildman–Crippen MR) is 86.5 cm³/mol. The van der Waals surface area contributed by atoms with E-state index in [4.69, 9.17) is 5.11 Å². The maximum absolute atomic E-state index is 12.3. The Bertz CT molecular complexity index is 564. The molecule has 1 atom stereocenters. The van der Waals surface area contributed by atoms with E-state index in [1.165, 1.54) is 0 Å². The Labute approximate surface area is 132 Å². The molecule has 2 N–H and O–H groups in total. The summed E-state index contributed by atoms with van der Waals surface area (Å²) in [5.74, 6) is -0.925. The van der Waals surface area contributed by atoms with Crippen LogP contribution >= 0.6 is 0 Å². The summed E-state index contributed by atoms with van der Waals surface area (Å²) in [6, 6.07) is 0. The van der Waals surface area contributed by atoms with E-state index in [1.54, 1.807) is 26.0 Å². The zero-order valence-corrected chi connectivity index (χ0v) is 14.1. The van der Waals surface area contributed by atoms with Crippen molar-refractivity contribution in [1.82, 2.24) is 0 Å². The van der Waals surface area contributed by atoms with Crippen molar-refractivity contribution in [3.8, 4) is 0 Å². The number of hydrogen-bond acceptors (Lipinski definition) is 3. The fourth-order valence-corrected chi connectivity index (χ4v) is 3.01. The van der Waals surface area contributed by atoms with E-state index in [0.717, 1.165) is 12.5 Å². The molecule has 1 rings (SSSR count). The largest absolute Gasteiger partial charge is 0.478 e. The number of aliphatic carboxylic acids is 1. The van der Waals surface area contributed by atoms with E-state index in [0.29, 0.717) is 23.1 Å². The van der Waals surface area contributed by atoms with Crippen molar-refractivity contribution in [2.75, 3.05) is 0 Å². The van der Waals surface area contributed by atoms with Crippen molar-refractivity contribution in [2.24, 2.45) is 5.41 Å². The van der Waals surface area contributed by atoms with Gasteiger partial charge in [0.25, 0.3) is 0 Å². The van der Waals surface area contributed by atoms with Gasteiger partial charge >= 0.3 is 5.97 Å². The number of carbonyl (C=O) groups is 2. The van der Waals surface area contributed by atoms with Crippen LogP contribution in [0.4, 0.5) is 0 Å². The summed E-state index contributed by atoms with van der Waals surface area (Å²) in [7, 11) is 0. The number of carboxylic acids is 1. The van der Waals surface area contributed by atoms with Crippen LogP contribution in [-0.2, 0) is 9.59 Å². The highest BCUT2D eigenvalue weighted by Gasteiger charge is 2.49. The second kappa shape index (κ2) is 6.61. The number of carboxylic acid groups (broad SMARTS) is 1. The maximum atomic E-state index is 12.3. The third-order valence-corrected chi connectivity index (χ3v) is 4.43. The lowest BCUT2D eigenvalue weighted by atomic mass is 9.62. The molecule has 0 aromatic heterocycles. The van der Waals surface area contributed by atoms with Crippen molar-refractivity contribution in [2.45, 2.75) is 59.5 Å². The number of ketones is 1. The van der Waals surface area contributed by atoms with Gasteiger partial charge in [0.1, 0.15) is 5.60 Å². The van der Waals surface area contributed by atoms with Gasteiger partial charge in [-0.25, -0.2) is 4.79 Å². The Morgan fingerprint density at radius 2 is 1.95 bits per heavy atom. The standard InChI is InChI=1S/C18H26O4/c1-6-7-14-13(3)18(22,17(4,5)11-15(14)19)9-8-12(2)10-16(20)21/h8-10,22H,6-7,11H2,1-5H3,(H,20,21)/b9-8+,12-10-/t18-/m1/s1. The van der Waals surface area contributed by atoms with Crippen molar-refractivity contribution in [3.05, 3.63) is 34.9 Å². The molecule has 0 fully saturated rings. The summed E-state index contributed by atoms with van der Waals surface area (Å²) in [6.07, 6.45) is 6.10. The Kier molecular flexibility index (Phi) is 5.52. The lowest BCUT2D eigenvalue weighted by Crippen LogP contribution is -2.49. The van der Waals surface area contributed by atoms with E-state index in [9.17, 15) is 14.7 Å². The van der Waals surface area contributed by atoms with Crippen LogP contribution in [0.25, 0.3) is 0 Å². The molecule has 0 aromatic carbocycles. The van der Waals surface area contributed by atoms with Crippen molar-refractivity contribution < 1.29 is 19.8 Å². The van der Waals surface area contributed by atoms with Gasteiger partial charge in [0.2, 0.25) is 0 Å². The highest BCUT2D eigenvalue weighted by atomic mass is 16.4. The van der Waals surface area contributed by atoms with Crippen molar-refractivity contribution in [3.63, 3.8) is 0 Å². The molecular formula is C18H26O4. The zero-order valence-electron chi connectivity index (χ0n) is 14.1. The fourth-order valence-electron chi connectivity index (χ4n) is 3.01. The lowest BCUT2D eigenvalue weighted by molar-refractivity contribution is -0.131. The van der Waals surface area contributed by atoms with Crippen molar-refractivity contribution >= 4 is 11.8 Å². The quantitative estimate of drug-likeness (QED) is 0.603. The van der Waals surface area contributed by atoms with Gasteiger partial charge in [-0.1, -0.05) is 33.3 Å². The van der Waals surface area contributed by atoms with Gasteiger partial charge in [-0.3, -0.25) is 4.79 Å². The van der Waals surface area contributed by atoms with Gasteiger partial charge in [-0.15, -0.1) is 0 Å². The molecule has 0 aromatic rings. The minimum Gasteiger partial charge on any atom is -0.478 e. The minimum atomic E-state index is -1.25. The van der Waals surface area contributed by atoms with Crippen molar-refractivity contribution in [1.29, 1.82) is 0 Å². The Morgan fingerprint density at radius 1 is 1.36 bits per heavy atom.